The van der Waals surface area contributed by atoms with E-state index in [0.29, 0.717) is 31.4 Å². The molecule has 1 aliphatic rings. The highest BCUT2D eigenvalue weighted by molar-refractivity contribution is 8.00. The fraction of sp³-hybridized carbons (Fsp3) is 0.480. The molecule has 2 heterocycles. The monoisotopic (exact) mass is 485 g/mol. The summed E-state index contributed by atoms with van der Waals surface area (Å²) >= 11 is 3.02. The average Bonchev–Trinajstić information content (AvgIpc) is 3.22. The van der Waals surface area contributed by atoms with E-state index < -0.39 is 5.25 Å². The van der Waals surface area contributed by atoms with Gasteiger partial charge in [0, 0.05) is 25.1 Å². The largest absolute Gasteiger partial charge is 0.383 e. The molecule has 0 radical (unpaired) electrons. The normalized spacial score (nSPS) is 14.3. The van der Waals surface area contributed by atoms with Crippen LogP contribution in [-0.4, -0.2) is 47.2 Å². The smallest absolute Gasteiger partial charge is 0.263 e. The molecule has 0 saturated heterocycles. The number of aryl methyl sites for hydroxylation is 2. The molecular formula is C25H31N3O3S2. The van der Waals surface area contributed by atoms with Crippen molar-refractivity contribution in [3.8, 4) is 0 Å². The second-order valence-electron chi connectivity index (χ2n) is 8.15. The van der Waals surface area contributed by atoms with Crippen molar-refractivity contribution in [3.63, 3.8) is 0 Å². The van der Waals surface area contributed by atoms with Crippen LogP contribution in [0, 0.1) is 0 Å². The van der Waals surface area contributed by atoms with Crippen molar-refractivity contribution in [1.82, 2.24) is 14.5 Å². The highest BCUT2D eigenvalue weighted by Gasteiger charge is 2.29. The average molecular weight is 486 g/mol. The Hall–Kier alpha value is -2.16. The van der Waals surface area contributed by atoms with Gasteiger partial charge < -0.3 is 9.64 Å². The van der Waals surface area contributed by atoms with Gasteiger partial charge in [0.05, 0.1) is 18.5 Å². The van der Waals surface area contributed by atoms with Crippen LogP contribution >= 0.6 is 23.1 Å². The molecular weight excluding hydrogens is 454 g/mol. The molecule has 0 aliphatic heterocycles. The van der Waals surface area contributed by atoms with Gasteiger partial charge >= 0.3 is 0 Å². The Morgan fingerprint density at radius 1 is 1.21 bits per heavy atom. The number of likely N-dealkylation sites (N-methyl/N-ethyl adjacent to an activating group) is 1. The van der Waals surface area contributed by atoms with E-state index in [2.05, 4.69) is 0 Å². The first-order chi connectivity index (χ1) is 16.1. The van der Waals surface area contributed by atoms with E-state index in [1.807, 2.05) is 49.1 Å². The predicted molar refractivity (Wildman–Crippen MR) is 135 cm³/mol. The SMILES string of the molecule is CCN(CC)C(=O)C(Sc1nc2sc3c(c2c(=O)n1CCOC)CCCC3)c1ccccc1. The van der Waals surface area contributed by atoms with Crippen LogP contribution in [0.15, 0.2) is 40.3 Å². The number of fused-ring (bicyclic) bond motifs is 3. The second-order valence-corrected chi connectivity index (χ2v) is 10.3. The predicted octanol–water partition coefficient (Wildman–Crippen LogP) is 4.69. The van der Waals surface area contributed by atoms with Crippen LogP contribution in [0.5, 0.6) is 0 Å². The Bertz CT molecular complexity index is 1170. The van der Waals surface area contributed by atoms with Gasteiger partial charge in [0.25, 0.3) is 5.56 Å². The number of hydrogen-bond donors (Lipinski definition) is 0. The first-order valence-corrected chi connectivity index (χ1v) is 13.3. The van der Waals surface area contributed by atoms with Gasteiger partial charge in [0.15, 0.2) is 5.16 Å². The van der Waals surface area contributed by atoms with Gasteiger partial charge in [-0.2, -0.15) is 0 Å². The number of thiophene rings is 1. The minimum absolute atomic E-state index is 0.0129. The number of thioether (sulfide) groups is 1. The molecule has 6 nitrogen and oxygen atoms in total. The Morgan fingerprint density at radius 3 is 2.64 bits per heavy atom. The van der Waals surface area contributed by atoms with Gasteiger partial charge in [-0.15, -0.1) is 11.3 Å². The lowest BCUT2D eigenvalue weighted by molar-refractivity contribution is -0.130. The van der Waals surface area contributed by atoms with Crippen molar-refractivity contribution in [2.24, 2.45) is 0 Å². The van der Waals surface area contributed by atoms with E-state index in [9.17, 15) is 9.59 Å². The minimum atomic E-state index is -0.473. The number of hydrogen-bond acceptors (Lipinski definition) is 6. The van der Waals surface area contributed by atoms with Gasteiger partial charge in [-0.1, -0.05) is 42.1 Å². The molecule has 1 aliphatic carbocycles. The van der Waals surface area contributed by atoms with Crippen molar-refractivity contribution in [2.45, 2.75) is 56.5 Å². The lowest BCUT2D eigenvalue weighted by Crippen LogP contribution is -2.34. The van der Waals surface area contributed by atoms with Crippen LogP contribution in [0.2, 0.25) is 0 Å². The van der Waals surface area contributed by atoms with Crippen LogP contribution < -0.4 is 5.56 Å². The number of ether oxygens (including phenoxy) is 1. The zero-order valence-corrected chi connectivity index (χ0v) is 21.1. The Morgan fingerprint density at radius 2 is 1.94 bits per heavy atom. The third-order valence-electron chi connectivity index (χ3n) is 6.18. The standard InChI is InChI=1S/C25H31N3O3S2/c1-4-27(5-2)24(30)21(17-11-7-6-8-12-17)33-25-26-22-20(23(29)28(25)15-16-31-3)18-13-9-10-14-19(18)32-22/h6-8,11-12,21H,4-5,9-10,13-16H2,1-3H3. The molecule has 4 rings (SSSR count). The lowest BCUT2D eigenvalue weighted by Gasteiger charge is -2.25. The van der Waals surface area contributed by atoms with Gasteiger partial charge in [-0.3, -0.25) is 14.2 Å². The zero-order chi connectivity index (χ0) is 23.4. The van der Waals surface area contributed by atoms with Crippen LogP contribution in [-0.2, 0) is 28.9 Å². The Kier molecular flexibility index (Phi) is 7.88. The molecule has 1 unspecified atom stereocenters. The van der Waals surface area contributed by atoms with Crippen molar-refractivity contribution in [3.05, 3.63) is 56.7 Å². The number of rotatable bonds is 9. The molecule has 8 heteroatoms. The summed E-state index contributed by atoms with van der Waals surface area (Å²) in [6.45, 7) is 6.07. The summed E-state index contributed by atoms with van der Waals surface area (Å²) in [6.07, 6.45) is 4.23. The molecule has 1 atom stereocenters. The van der Waals surface area contributed by atoms with Crippen molar-refractivity contribution in [1.29, 1.82) is 0 Å². The highest BCUT2D eigenvalue weighted by atomic mass is 32.2. The van der Waals surface area contributed by atoms with Crippen LogP contribution in [0.25, 0.3) is 10.2 Å². The molecule has 0 saturated carbocycles. The lowest BCUT2D eigenvalue weighted by atomic mass is 9.97. The molecule has 0 fully saturated rings. The molecule has 33 heavy (non-hydrogen) atoms. The number of nitrogens with zero attached hydrogens (tertiary/aromatic N) is 3. The number of benzene rings is 1. The summed E-state index contributed by atoms with van der Waals surface area (Å²) in [7, 11) is 1.63. The van der Waals surface area contributed by atoms with E-state index in [4.69, 9.17) is 9.72 Å². The summed E-state index contributed by atoms with van der Waals surface area (Å²) in [5, 5.41) is 0.873. The zero-order valence-electron chi connectivity index (χ0n) is 19.5. The molecule has 0 N–H and O–H groups in total. The van der Waals surface area contributed by atoms with E-state index in [1.54, 1.807) is 23.0 Å². The van der Waals surface area contributed by atoms with Crippen LogP contribution in [0.4, 0.5) is 0 Å². The van der Waals surface area contributed by atoms with E-state index in [0.717, 1.165) is 41.5 Å². The third kappa shape index (κ3) is 4.88. The third-order valence-corrected chi connectivity index (χ3v) is 8.60. The topological polar surface area (TPSA) is 64.4 Å². The molecule has 176 valence electrons. The maximum absolute atomic E-state index is 13.7. The number of amides is 1. The van der Waals surface area contributed by atoms with E-state index in [1.165, 1.54) is 22.2 Å². The maximum atomic E-state index is 13.7. The van der Waals surface area contributed by atoms with Gasteiger partial charge in [-0.05, 0) is 50.7 Å². The van der Waals surface area contributed by atoms with E-state index >= 15 is 0 Å². The Balaban J connectivity index is 1.83. The van der Waals surface area contributed by atoms with Crippen molar-refractivity contribution in [2.75, 3.05) is 26.8 Å². The summed E-state index contributed by atoms with van der Waals surface area (Å²) < 4.78 is 7.01. The van der Waals surface area contributed by atoms with Crippen LogP contribution in [0.1, 0.15) is 47.9 Å². The number of aromatic nitrogens is 2. The van der Waals surface area contributed by atoms with Crippen molar-refractivity contribution >= 4 is 39.2 Å². The number of carbonyl (C=O) groups excluding carboxylic acids is 1. The molecule has 3 aromatic rings. The summed E-state index contributed by atoms with van der Waals surface area (Å²) in [5.74, 6) is 0.0364. The Labute approximate surface area is 203 Å². The first kappa shape index (κ1) is 24.0. The summed E-state index contributed by atoms with van der Waals surface area (Å²) in [6, 6.07) is 9.78. The molecule has 1 aromatic carbocycles. The molecule has 2 aromatic heterocycles. The highest BCUT2D eigenvalue weighted by Crippen LogP contribution is 2.39. The molecule has 0 spiro atoms. The minimum Gasteiger partial charge on any atom is -0.383 e. The van der Waals surface area contributed by atoms with Gasteiger partial charge in [0.1, 0.15) is 10.1 Å². The second kappa shape index (κ2) is 10.8. The summed E-state index contributed by atoms with van der Waals surface area (Å²) in [4.78, 5) is 36.1. The maximum Gasteiger partial charge on any atom is 0.263 e. The van der Waals surface area contributed by atoms with E-state index in [-0.39, 0.29) is 11.5 Å². The first-order valence-electron chi connectivity index (χ1n) is 11.6. The van der Waals surface area contributed by atoms with Gasteiger partial charge in [-0.25, -0.2) is 4.98 Å². The van der Waals surface area contributed by atoms with Crippen LogP contribution in [0.3, 0.4) is 0 Å². The van der Waals surface area contributed by atoms with Gasteiger partial charge in [0.2, 0.25) is 5.91 Å². The summed E-state index contributed by atoms with van der Waals surface area (Å²) in [5.41, 5.74) is 2.08. The molecule has 1 amide bonds. The number of methoxy groups -OCH3 is 1. The number of carbonyl (C=O) groups is 1. The molecule has 0 bridgehead atoms. The quantitative estimate of drug-likeness (QED) is 0.325. The fourth-order valence-electron chi connectivity index (χ4n) is 4.38. The van der Waals surface area contributed by atoms with Crippen molar-refractivity contribution < 1.29 is 9.53 Å². The fourth-order valence-corrected chi connectivity index (χ4v) is 6.89.